The van der Waals surface area contributed by atoms with Crippen molar-refractivity contribution in [3.05, 3.63) is 29.8 Å². The number of esters is 1. The molecule has 10 nitrogen and oxygen atoms in total. The molecule has 1 aromatic rings. The minimum absolute atomic E-state index is 0.132. The van der Waals surface area contributed by atoms with E-state index in [1.165, 1.54) is 12.1 Å². The molecule has 1 aromatic carbocycles. The molecule has 4 N–H and O–H groups in total. The van der Waals surface area contributed by atoms with Crippen molar-refractivity contribution in [2.75, 3.05) is 13.7 Å². The van der Waals surface area contributed by atoms with Crippen LogP contribution >= 0.6 is 0 Å². The van der Waals surface area contributed by atoms with E-state index in [4.69, 9.17) is 8.92 Å². The fraction of sp³-hybridized carbons (Fsp3) is 0.562. The number of aliphatic hydroxyl groups excluding tert-OH is 3. The molecule has 0 aliphatic carbocycles. The Morgan fingerprint density at radius 2 is 1.93 bits per heavy atom. The molecule has 0 amide bonds. The van der Waals surface area contributed by atoms with Crippen LogP contribution in [0.1, 0.15) is 12.0 Å². The molecule has 27 heavy (non-hydrogen) atoms. The summed E-state index contributed by atoms with van der Waals surface area (Å²) < 4.78 is 38.2. The largest absolute Gasteiger partial charge is 0.465 e. The van der Waals surface area contributed by atoms with Gasteiger partial charge >= 0.3 is 5.97 Å². The lowest BCUT2D eigenvalue weighted by molar-refractivity contribution is -0.233. The van der Waals surface area contributed by atoms with E-state index in [-0.39, 0.29) is 4.90 Å². The molecule has 1 fully saturated rings. The first-order chi connectivity index (χ1) is 12.5. The van der Waals surface area contributed by atoms with Gasteiger partial charge in [-0.15, -0.1) is 0 Å². The molecular weight excluding hydrogens is 384 g/mol. The van der Waals surface area contributed by atoms with Gasteiger partial charge in [-0.25, -0.2) is 4.79 Å². The average Bonchev–Trinajstić information content (AvgIpc) is 2.94. The highest BCUT2D eigenvalue weighted by Crippen LogP contribution is 2.32. The van der Waals surface area contributed by atoms with E-state index in [0.717, 1.165) is 12.7 Å². The van der Waals surface area contributed by atoms with Crippen molar-refractivity contribution in [1.82, 2.24) is 0 Å². The highest BCUT2D eigenvalue weighted by atomic mass is 32.2. The van der Waals surface area contributed by atoms with E-state index in [0.29, 0.717) is 0 Å². The first kappa shape index (κ1) is 21.7. The van der Waals surface area contributed by atoms with Crippen LogP contribution in [0.5, 0.6) is 0 Å². The van der Waals surface area contributed by atoms with Crippen molar-refractivity contribution < 1.29 is 47.3 Å². The van der Waals surface area contributed by atoms with Gasteiger partial charge in [0.1, 0.15) is 18.3 Å². The van der Waals surface area contributed by atoms with Crippen LogP contribution in [-0.4, -0.2) is 78.7 Å². The summed E-state index contributed by atoms with van der Waals surface area (Å²) >= 11 is 0. The van der Waals surface area contributed by atoms with Crippen LogP contribution in [0, 0.1) is 6.92 Å². The van der Waals surface area contributed by atoms with Gasteiger partial charge in [0.25, 0.3) is 15.9 Å². The number of benzene rings is 1. The van der Waals surface area contributed by atoms with E-state index in [1.54, 1.807) is 19.1 Å². The van der Waals surface area contributed by atoms with Gasteiger partial charge in [0, 0.05) is 6.42 Å². The Hall–Kier alpha value is -1.60. The molecule has 0 radical (unpaired) electrons. The molecule has 1 saturated heterocycles. The van der Waals surface area contributed by atoms with Crippen LogP contribution in [0.15, 0.2) is 29.2 Å². The fourth-order valence-corrected chi connectivity index (χ4v) is 3.51. The lowest BCUT2D eigenvalue weighted by atomic mass is 10.0. The average molecular weight is 406 g/mol. The van der Waals surface area contributed by atoms with Crippen LogP contribution in [0.4, 0.5) is 0 Å². The molecule has 152 valence electrons. The van der Waals surface area contributed by atoms with Gasteiger partial charge in [-0.2, -0.15) is 8.42 Å². The molecule has 0 aromatic heterocycles. The maximum absolute atomic E-state index is 12.1. The molecule has 2 rings (SSSR count). The standard InChI is InChI=1S/C16H22O10S/c1-9-3-5-10(6-4-9)27(22,23)25-8-12(18)13(19)14-11(17)7-16(21,26-14)15(20)24-2/h3-6,11-14,17-19,21H,7-8H2,1-2H3/t11-,12-,13-,14-,16?/m1/s1. The van der Waals surface area contributed by atoms with E-state index < -0.39 is 59.3 Å². The van der Waals surface area contributed by atoms with E-state index in [9.17, 15) is 33.6 Å². The highest BCUT2D eigenvalue weighted by Gasteiger charge is 2.54. The number of methoxy groups -OCH3 is 1. The zero-order chi connectivity index (χ0) is 20.4. The summed E-state index contributed by atoms with van der Waals surface area (Å²) in [6.07, 6.45) is -7.28. The van der Waals surface area contributed by atoms with Crippen molar-refractivity contribution >= 4 is 16.1 Å². The topological polar surface area (TPSA) is 160 Å². The van der Waals surface area contributed by atoms with E-state index in [1.807, 2.05) is 0 Å². The molecule has 11 heteroatoms. The minimum atomic E-state index is -4.18. The van der Waals surface area contributed by atoms with Crippen LogP contribution in [0.3, 0.4) is 0 Å². The van der Waals surface area contributed by atoms with Crippen LogP contribution in [-0.2, 0) is 28.6 Å². The van der Waals surface area contributed by atoms with E-state index in [2.05, 4.69) is 4.74 Å². The maximum Gasteiger partial charge on any atom is 0.366 e. The second kappa shape index (κ2) is 8.19. The molecule has 0 bridgehead atoms. The Kier molecular flexibility index (Phi) is 6.58. The molecule has 5 atom stereocenters. The van der Waals surface area contributed by atoms with Crippen molar-refractivity contribution in [2.24, 2.45) is 0 Å². The lowest BCUT2D eigenvalue weighted by Gasteiger charge is -2.26. The van der Waals surface area contributed by atoms with Gasteiger partial charge in [0.05, 0.1) is 24.7 Å². The Balaban J connectivity index is 2.00. The molecule has 0 saturated carbocycles. The smallest absolute Gasteiger partial charge is 0.366 e. The second-order valence-corrected chi connectivity index (χ2v) is 7.85. The van der Waals surface area contributed by atoms with Crippen molar-refractivity contribution in [1.29, 1.82) is 0 Å². The van der Waals surface area contributed by atoms with Gasteiger partial charge in [-0.05, 0) is 19.1 Å². The number of rotatable bonds is 7. The van der Waals surface area contributed by atoms with Crippen molar-refractivity contribution in [2.45, 2.75) is 48.4 Å². The van der Waals surface area contributed by atoms with Crippen molar-refractivity contribution in [3.8, 4) is 0 Å². The molecule has 1 unspecified atom stereocenters. The number of carbonyl (C=O) groups is 1. The summed E-state index contributed by atoms with van der Waals surface area (Å²) in [5.41, 5.74) is 0.842. The zero-order valence-electron chi connectivity index (χ0n) is 14.7. The minimum Gasteiger partial charge on any atom is -0.465 e. The molecular formula is C16H22O10S. The van der Waals surface area contributed by atoms with Gasteiger partial charge in [-0.3, -0.25) is 4.18 Å². The molecule has 1 aliphatic heterocycles. The number of aliphatic hydroxyl groups is 4. The molecule has 0 spiro atoms. The van der Waals surface area contributed by atoms with Crippen LogP contribution in [0.25, 0.3) is 0 Å². The number of ether oxygens (including phenoxy) is 2. The van der Waals surface area contributed by atoms with Gasteiger partial charge in [0.15, 0.2) is 0 Å². The summed E-state index contributed by atoms with van der Waals surface area (Å²) in [4.78, 5) is 11.4. The third kappa shape index (κ3) is 4.82. The number of carbonyl (C=O) groups excluding carboxylic acids is 1. The van der Waals surface area contributed by atoms with Crippen LogP contribution < -0.4 is 0 Å². The Bertz CT molecular complexity index is 762. The van der Waals surface area contributed by atoms with Crippen molar-refractivity contribution in [3.63, 3.8) is 0 Å². The predicted molar refractivity (Wildman–Crippen MR) is 88.8 cm³/mol. The summed E-state index contributed by atoms with van der Waals surface area (Å²) in [6, 6.07) is 5.79. The number of hydrogen-bond acceptors (Lipinski definition) is 10. The Morgan fingerprint density at radius 3 is 2.48 bits per heavy atom. The first-order valence-electron chi connectivity index (χ1n) is 7.99. The SMILES string of the molecule is COC(=O)C1(O)C[C@@H](O)[C@H]([C@H](O)[C@H](O)COS(=O)(=O)c2ccc(C)cc2)O1. The monoisotopic (exact) mass is 406 g/mol. The fourth-order valence-electron chi connectivity index (χ4n) is 2.59. The first-order valence-corrected chi connectivity index (χ1v) is 9.40. The van der Waals surface area contributed by atoms with Crippen LogP contribution in [0.2, 0.25) is 0 Å². The molecule has 1 aliphatic rings. The lowest BCUT2D eigenvalue weighted by Crippen LogP contribution is -2.46. The summed E-state index contributed by atoms with van der Waals surface area (Å²) in [5.74, 6) is -3.65. The number of hydrogen-bond donors (Lipinski definition) is 4. The Labute approximate surface area is 156 Å². The van der Waals surface area contributed by atoms with E-state index >= 15 is 0 Å². The summed E-state index contributed by atoms with van der Waals surface area (Å²) in [6.45, 7) is 0.945. The third-order valence-corrected chi connectivity index (χ3v) is 5.43. The molecule has 1 heterocycles. The normalized spacial score (nSPS) is 27.9. The highest BCUT2D eigenvalue weighted by molar-refractivity contribution is 7.86. The van der Waals surface area contributed by atoms with Gasteiger partial charge in [0.2, 0.25) is 0 Å². The second-order valence-electron chi connectivity index (χ2n) is 6.24. The Morgan fingerprint density at radius 1 is 1.33 bits per heavy atom. The quantitative estimate of drug-likeness (QED) is 0.308. The predicted octanol–water partition coefficient (Wildman–Crippen LogP) is -1.57. The summed E-state index contributed by atoms with van der Waals surface area (Å²) in [7, 11) is -3.18. The maximum atomic E-state index is 12.1. The summed E-state index contributed by atoms with van der Waals surface area (Å²) in [5, 5.41) is 40.0. The van der Waals surface area contributed by atoms with Gasteiger partial charge < -0.3 is 29.9 Å². The number of aryl methyl sites for hydroxylation is 1. The zero-order valence-corrected chi connectivity index (χ0v) is 15.5. The third-order valence-electron chi connectivity index (χ3n) is 4.13. The van der Waals surface area contributed by atoms with Gasteiger partial charge in [-0.1, -0.05) is 17.7 Å².